The fourth-order valence-electron chi connectivity index (χ4n) is 3.50. The number of anilines is 2. The highest BCUT2D eigenvalue weighted by atomic mass is 32.2. The van der Waals surface area contributed by atoms with E-state index in [4.69, 9.17) is 9.40 Å². The first-order valence-electron chi connectivity index (χ1n) is 10.8. The van der Waals surface area contributed by atoms with E-state index in [0.717, 1.165) is 40.0 Å². The maximum Gasteiger partial charge on any atom is 0.230 e. The summed E-state index contributed by atoms with van der Waals surface area (Å²) >= 11 is 3.05. The molecule has 0 aliphatic rings. The number of furan rings is 1. The summed E-state index contributed by atoms with van der Waals surface area (Å²) in [6.07, 6.45) is 1.64. The second kappa shape index (κ2) is 9.93. The molecule has 0 saturated carbocycles. The number of aromatic nitrogens is 4. The topological polar surface area (TPSA) is 77.1 Å². The first-order valence-corrected chi connectivity index (χ1v) is 12.6. The maximum atomic E-state index is 12.5. The van der Waals surface area contributed by atoms with Gasteiger partial charge in [0, 0.05) is 24.6 Å². The lowest BCUT2D eigenvalue weighted by Crippen LogP contribution is -2.23. The molecule has 0 unspecified atom stereocenters. The highest BCUT2D eigenvalue weighted by Gasteiger charge is 2.21. The van der Waals surface area contributed by atoms with Gasteiger partial charge in [0.25, 0.3) is 0 Å². The van der Waals surface area contributed by atoms with Crippen LogP contribution in [0.1, 0.15) is 37.6 Å². The van der Waals surface area contributed by atoms with Gasteiger partial charge < -0.3 is 4.42 Å². The van der Waals surface area contributed by atoms with E-state index in [9.17, 15) is 4.79 Å². The Balaban J connectivity index is 1.56. The molecule has 0 bridgehead atoms. The van der Waals surface area contributed by atoms with Gasteiger partial charge in [0.15, 0.2) is 21.9 Å². The van der Waals surface area contributed by atoms with E-state index in [1.165, 1.54) is 11.3 Å². The fraction of sp³-hybridized carbons (Fsp3) is 0.333. The summed E-state index contributed by atoms with van der Waals surface area (Å²) in [6.45, 7) is 10.8. The molecule has 4 rings (SSSR count). The van der Waals surface area contributed by atoms with Crippen LogP contribution in [0.2, 0.25) is 0 Å². The van der Waals surface area contributed by atoms with Crippen LogP contribution in [0.15, 0.2) is 51.5 Å². The third-order valence-corrected chi connectivity index (χ3v) is 7.09. The summed E-state index contributed by atoms with van der Waals surface area (Å²) in [5.74, 6) is 2.44. The number of thiazole rings is 1. The van der Waals surface area contributed by atoms with Crippen LogP contribution in [0.25, 0.3) is 11.6 Å². The van der Waals surface area contributed by atoms with Gasteiger partial charge in [-0.1, -0.05) is 37.7 Å². The third kappa shape index (κ3) is 5.04. The van der Waals surface area contributed by atoms with Gasteiger partial charge in [0.1, 0.15) is 0 Å². The lowest BCUT2D eigenvalue weighted by Gasteiger charge is -2.21. The van der Waals surface area contributed by atoms with E-state index in [-0.39, 0.29) is 5.91 Å². The molecule has 1 amide bonds. The molecule has 9 heteroatoms. The van der Waals surface area contributed by atoms with Gasteiger partial charge in [-0.25, -0.2) is 4.98 Å². The summed E-state index contributed by atoms with van der Waals surface area (Å²) in [4.78, 5) is 19.0. The highest BCUT2D eigenvalue weighted by Crippen LogP contribution is 2.34. The van der Waals surface area contributed by atoms with Crippen LogP contribution in [0.5, 0.6) is 0 Å². The molecule has 0 fully saturated rings. The summed E-state index contributed by atoms with van der Waals surface area (Å²) in [6, 6.07) is 9.72. The molecule has 33 heavy (non-hydrogen) atoms. The van der Waals surface area contributed by atoms with Gasteiger partial charge in [-0.3, -0.25) is 14.3 Å². The van der Waals surface area contributed by atoms with Crippen LogP contribution in [0.4, 0.5) is 10.8 Å². The Morgan fingerprint density at radius 1 is 1.21 bits per heavy atom. The molecule has 0 aliphatic carbocycles. The van der Waals surface area contributed by atoms with Gasteiger partial charge in [0.05, 0.1) is 17.6 Å². The predicted octanol–water partition coefficient (Wildman–Crippen LogP) is 6.24. The van der Waals surface area contributed by atoms with E-state index >= 15 is 0 Å². The standard InChI is InChI=1S/C24H27N5O2S2/c1-15(2)12-28-22(21-10-7-11-31-21)26-27-24(28)33-14-19-13-32-23(25-19)29(18(5)30)20-9-6-8-16(3)17(20)4/h6-11,13,15H,12,14H2,1-5H3. The molecule has 4 aromatic rings. The molecule has 1 aromatic carbocycles. The molecular formula is C24H27N5O2S2. The third-order valence-electron chi connectivity index (χ3n) is 5.22. The first-order chi connectivity index (χ1) is 15.8. The number of rotatable bonds is 8. The highest BCUT2D eigenvalue weighted by molar-refractivity contribution is 7.98. The predicted molar refractivity (Wildman–Crippen MR) is 133 cm³/mol. The Hall–Kier alpha value is -2.91. The first kappa shape index (κ1) is 23.3. The van der Waals surface area contributed by atoms with Gasteiger partial charge in [0.2, 0.25) is 5.91 Å². The van der Waals surface area contributed by atoms with Crippen LogP contribution >= 0.6 is 23.1 Å². The Labute approximate surface area is 201 Å². The van der Waals surface area contributed by atoms with Crippen LogP contribution in [0.3, 0.4) is 0 Å². The largest absolute Gasteiger partial charge is 0.461 e. The Morgan fingerprint density at radius 2 is 2.03 bits per heavy atom. The summed E-state index contributed by atoms with van der Waals surface area (Å²) in [5, 5.41) is 12.3. The van der Waals surface area contributed by atoms with Crippen molar-refractivity contribution < 1.29 is 9.21 Å². The molecule has 3 aromatic heterocycles. The second-order valence-corrected chi connectivity index (χ2v) is 10.1. The number of thioether (sulfide) groups is 1. The quantitative estimate of drug-likeness (QED) is 0.277. The van der Waals surface area contributed by atoms with Gasteiger partial charge in [-0.05, 0) is 49.1 Å². The van der Waals surface area contributed by atoms with E-state index < -0.39 is 0 Å². The van der Waals surface area contributed by atoms with Crippen molar-refractivity contribution in [2.45, 2.75) is 52.1 Å². The van der Waals surface area contributed by atoms with E-state index in [1.807, 2.05) is 49.6 Å². The average Bonchev–Trinajstić information content (AvgIpc) is 3.51. The van der Waals surface area contributed by atoms with Crippen molar-refractivity contribution in [3.8, 4) is 11.6 Å². The lowest BCUT2D eigenvalue weighted by atomic mass is 10.1. The molecule has 7 nitrogen and oxygen atoms in total. The Morgan fingerprint density at radius 3 is 2.73 bits per heavy atom. The van der Waals surface area contributed by atoms with Crippen LogP contribution in [-0.2, 0) is 17.1 Å². The van der Waals surface area contributed by atoms with E-state index in [0.29, 0.717) is 22.6 Å². The number of carbonyl (C=O) groups excluding carboxylic acids is 1. The number of benzene rings is 1. The van der Waals surface area contributed by atoms with Crippen LogP contribution in [0, 0.1) is 19.8 Å². The number of aryl methyl sites for hydroxylation is 1. The van der Waals surface area contributed by atoms with Crippen molar-refractivity contribution in [3.63, 3.8) is 0 Å². The average molecular weight is 482 g/mol. The van der Waals surface area contributed by atoms with Gasteiger partial charge >= 0.3 is 0 Å². The number of hydrogen-bond acceptors (Lipinski definition) is 7. The minimum absolute atomic E-state index is 0.0583. The molecule has 172 valence electrons. The van der Waals surface area contributed by atoms with Crippen molar-refractivity contribution in [1.29, 1.82) is 0 Å². The van der Waals surface area contributed by atoms with Crippen molar-refractivity contribution in [1.82, 2.24) is 19.7 Å². The molecule has 0 aliphatic heterocycles. The van der Waals surface area contributed by atoms with E-state index in [2.05, 4.69) is 28.6 Å². The van der Waals surface area contributed by atoms with Crippen LogP contribution < -0.4 is 4.90 Å². The van der Waals surface area contributed by atoms with Gasteiger partial charge in [-0.2, -0.15) is 0 Å². The number of carbonyl (C=O) groups is 1. The smallest absolute Gasteiger partial charge is 0.230 e. The van der Waals surface area contributed by atoms with Crippen molar-refractivity contribution in [2.75, 3.05) is 4.90 Å². The summed E-state index contributed by atoms with van der Waals surface area (Å²) in [5.41, 5.74) is 3.99. The molecule has 0 spiro atoms. The number of amides is 1. The normalized spacial score (nSPS) is 11.3. The number of hydrogen-bond donors (Lipinski definition) is 0. The molecule has 3 heterocycles. The Kier molecular flexibility index (Phi) is 6.99. The zero-order valence-electron chi connectivity index (χ0n) is 19.4. The lowest BCUT2D eigenvalue weighted by molar-refractivity contribution is -0.115. The molecule has 0 radical (unpaired) electrons. The maximum absolute atomic E-state index is 12.5. The summed E-state index contributed by atoms with van der Waals surface area (Å²) in [7, 11) is 0. The fourth-order valence-corrected chi connectivity index (χ4v) is 5.33. The van der Waals surface area contributed by atoms with Gasteiger partial charge in [-0.15, -0.1) is 21.5 Å². The van der Waals surface area contributed by atoms with E-state index in [1.54, 1.807) is 29.8 Å². The van der Waals surface area contributed by atoms with Crippen molar-refractivity contribution in [3.05, 3.63) is 58.8 Å². The minimum Gasteiger partial charge on any atom is -0.461 e. The second-order valence-electron chi connectivity index (χ2n) is 8.27. The SMILES string of the molecule is CC(=O)N(c1nc(CSc2nnc(-c3ccco3)n2CC(C)C)cs1)c1cccc(C)c1C. The number of nitrogens with zero attached hydrogens (tertiary/aromatic N) is 5. The summed E-state index contributed by atoms with van der Waals surface area (Å²) < 4.78 is 7.65. The zero-order valence-corrected chi connectivity index (χ0v) is 21.0. The van der Waals surface area contributed by atoms with Crippen LogP contribution in [-0.4, -0.2) is 25.7 Å². The molecular weight excluding hydrogens is 454 g/mol. The Bertz CT molecular complexity index is 1240. The molecule has 0 atom stereocenters. The van der Waals surface area contributed by atoms with Crippen molar-refractivity contribution in [2.24, 2.45) is 5.92 Å². The monoisotopic (exact) mass is 481 g/mol. The zero-order chi connectivity index (χ0) is 23.5. The molecule has 0 saturated heterocycles. The molecule has 0 N–H and O–H groups in total. The minimum atomic E-state index is -0.0583. The van der Waals surface area contributed by atoms with Crippen molar-refractivity contribution >= 4 is 39.8 Å².